The molecular formula is C23H24FN3O2. The van der Waals surface area contributed by atoms with Gasteiger partial charge in [0.05, 0.1) is 17.2 Å². The SMILES string of the molecule is O=C(c1ccc(F)cc1)C1CCN(CCCn2cnc3ccccc3c2=O)CC1. The maximum atomic E-state index is 13.0. The zero-order chi connectivity index (χ0) is 20.2. The van der Waals surface area contributed by atoms with Crippen LogP contribution in [0.4, 0.5) is 4.39 Å². The lowest BCUT2D eigenvalue weighted by Gasteiger charge is -2.31. The fourth-order valence-corrected chi connectivity index (χ4v) is 4.00. The standard InChI is InChI=1S/C23H24FN3O2/c24-19-8-6-17(7-9-19)22(28)18-10-14-26(15-11-18)12-3-13-27-16-25-21-5-2-1-4-20(21)23(27)29/h1-2,4-9,16,18H,3,10-15H2. The van der Waals surface area contributed by atoms with Gasteiger partial charge in [-0.05, 0) is 75.3 Å². The van der Waals surface area contributed by atoms with Crippen molar-refractivity contribution in [2.45, 2.75) is 25.8 Å². The van der Waals surface area contributed by atoms with Crippen LogP contribution in [0.25, 0.3) is 10.9 Å². The largest absolute Gasteiger partial charge is 0.303 e. The van der Waals surface area contributed by atoms with Gasteiger partial charge in [0.25, 0.3) is 5.56 Å². The molecule has 5 nitrogen and oxygen atoms in total. The van der Waals surface area contributed by atoms with Gasteiger partial charge in [0.1, 0.15) is 5.82 Å². The molecule has 0 atom stereocenters. The number of Topliss-reactive ketones (excluding diaryl/α,β-unsaturated/α-hetero) is 1. The van der Waals surface area contributed by atoms with Crippen molar-refractivity contribution in [2.75, 3.05) is 19.6 Å². The number of benzene rings is 2. The molecule has 6 heteroatoms. The zero-order valence-corrected chi connectivity index (χ0v) is 16.3. The van der Waals surface area contributed by atoms with E-state index >= 15 is 0 Å². The second-order valence-electron chi connectivity index (χ2n) is 7.60. The summed E-state index contributed by atoms with van der Waals surface area (Å²) in [6.07, 6.45) is 4.11. The van der Waals surface area contributed by atoms with Crippen molar-refractivity contribution in [3.63, 3.8) is 0 Å². The number of aromatic nitrogens is 2. The van der Waals surface area contributed by atoms with E-state index in [0.29, 0.717) is 17.5 Å². The molecule has 1 aliphatic heterocycles. The molecule has 0 unspecified atom stereocenters. The first-order chi connectivity index (χ1) is 14.1. The number of rotatable bonds is 6. The van der Waals surface area contributed by atoms with Gasteiger partial charge in [-0.2, -0.15) is 0 Å². The maximum Gasteiger partial charge on any atom is 0.261 e. The molecule has 2 aromatic carbocycles. The summed E-state index contributed by atoms with van der Waals surface area (Å²) in [5.74, 6) is -0.209. The molecule has 0 bridgehead atoms. The number of nitrogens with zero attached hydrogens (tertiary/aromatic N) is 3. The van der Waals surface area contributed by atoms with Crippen LogP contribution < -0.4 is 5.56 Å². The average molecular weight is 393 g/mol. The van der Waals surface area contributed by atoms with Crippen LogP contribution in [0.3, 0.4) is 0 Å². The predicted molar refractivity (Wildman–Crippen MR) is 111 cm³/mol. The van der Waals surface area contributed by atoms with Gasteiger partial charge in [0, 0.05) is 18.0 Å². The first kappa shape index (κ1) is 19.5. The fourth-order valence-electron chi connectivity index (χ4n) is 4.00. The summed E-state index contributed by atoms with van der Waals surface area (Å²) in [7, 11) is 0. The minimum absolute atomic E-state index is 0.000738. The number of carbonyl (C=O) groups excluding carboxylic acids is 1. The lowest BCUT2D eigenvalue weighted by Crippen LogP contribution is -2.37. The summed E-state index contributed by atoms with van der Waals surface area (Å²) in [5, 5.41) is 0.648. The third kappa shape index (κ3) is 4.43. The van der Waals surface area contributed by atoms with E-state index in [2.05, 4.69) is 9.88 Å². The van der Waals surface area contributed by atoms with Crippen LogP contribution in [-0.4, -0.2) is 39.9 Å². The van der Waals surface area contributed by atoms with Gasteiger partial charge in [-0.1, -0.05) is 12.1 Å². The molecular weight excluding hydrogens is 369 g/mol. The molecule has 2 heterocycles. The van der Waals surface area contributed by atoms with Crippen LogP contribution in [0.2, 0.25) is 0 Å². The van der Waals surface area contributed by atoms with Crippen molar-refractivity contribution in [1.29, 1.82) is 0 Å². The van der Waals surface area contributed by atoms with Crippen molar-refractivity contribution in [3.8, 4) is 0 Å². The molecule has 0 N–H and O–H groups in total. The lowest BCUT2D eigenvalue weighted by molar-refractivity contribution is 0.0838. The Morgan fingerprint density at radius 1 is 1.03 bits per heavy atom. The van der Waals surface area contributed by atoms with Gasteiger partial charge < -0.3 is 4.90 Å². The Labute approximate surface area is 168 Å². The fraction of sp³-hybridized carbons (Fsp3) is 0.348. The number of fused-ring (bicyclic) bond motifs is 1. The third-order valence-electron chi connectivity index (χ3n) is 5.69. The normalized spacial score (nSPS) is 15.6. The molecule has 0 aliphatic carbocycles. The number of para-hydroxylation sites is 1. The molecule has 1 fully saturated rings. The number of hydrogen-bond acceptors (Lipinski definition) is 4. The van der Waals surface area contributed by atoms with Crippen molar-refractivity contribution in [3.05, 3.63) is 76.6 Å². The van der Waals surface area contributed by atoms with E-state index in [4.69, 9.17) is 0 Å². The average Bonchev–Trinajstić information content (AvgIpc) is 2.76. The Balaban J connectivity index is 1.27. The highest BCUT2D eigenvalue weighted by Gasteiger charge is 2.25. The predicted octanol–water partition coefficient (Wildman–Crippen LogP) is 3.52. The van der Waals surface area contributed by atoms with Gasteiger partial charge >= 0.3 is 0 Å². The number of halogens is 1. The van der Waals surface area contributed by atoms with E-state index in [1.54, 1.807) is 23.0 Å². The summed E-state index contributed by atoms with van der Waals surface area (Å²) in [5.41, 5.74) is 1.31. The van der Waals surface area contributed by atoms with E-state index < -0.39 is 0 Å². The van der Waals surface area contributed by atoms with Crippen LogP contribution in [0.1, 0.15) is 29.6 Å². The summed E-state index contributed by atoms with van der Waals surface area (Å²) >= 11 is 0. The Bertz CT molecular complexity index is 1050. The summed E-state index contributed by atoms with van der Waals surface area (Å²) in [6, 6.07) is 13.2. The number of piperidine rings is 1. The van der Waals surface area contributed by atoms with E-state index in [1.807, 2.05) is 24.3 Å². The van der Waals surface area contributed by atoms with Crippen LogP contribution in [0, 0.1) is 11.7 Å². The number of likely N-dealkylation sites (tertiary alicyclic amines) is 1. The number of hydrogen-bond donors (Lipinski definition) is 0. The van der Waals surface area contributed by atoms with Crippen molar-refractivity contribution in [2.24, 2.45) is 5.92 Å². The van der Waals surface area contributed by atoms with Crippen LogP contribution in [0.5, 0.6) is 0 Å². The number of carbonyl (C=O) groups is 1. The molecule has 1 saturated heterocycles. The van der Waals surface area contributed by atoms with Crippen LogP contribution in [-0.2, 0) is 6.54 Å². The first-order valence-electron chi connectivity index (χ1n) is 10.1. The molecule has 0 spiro atoms. The molecule has 150 valence electrons. The Kier molecular flexibility index (Phi) is 5.81. The highest BCUT2D eigenvalue weighted by Crippen LogP contribution is 2.22. The molecule has 0 amide bonds. The van der Waals surface area contributed by atoms with Gasteiger partial charge in [-0.15, -0.1) is 0 Å². The molecule has 4 rings (SSSR count). The first-order valence-corrected chi connectivity index (χ1v) is 10.1. The zero-order valence-electron chi connectivity index (χ0n) is 16.3. The summed E-state index contributed by atoms with van der Waals surface area (Å²) in [4.78, 5) is 31.8. The highest BCUT2D eigenvalue weighted by molar-refractivity contribution is 5.97. The van der Waals surface area contributed by atoms with Gasteiger partial charge in [-0.25, -0.2) is 9.37 Å². The molecule has 1 aromatic heterocycles. The van der Waals surface area contributed by atoms with Crippen LogP contribution in [0.15, 0.2) is 59.7 Å². The summed E-state index contributed by atoms with van der Waals surface area (Å²) in [6.45, 7) is 3.24. The lowest BCUT2D eigenvalue weighted by atomic mass is 9.89. The quantitative estimate of drug-likeness (QED) is 0.602. The minimum atomic E-state index is -0.322. The van der Waals surface area contributed by atoms with Gasteiger partial charge in [0.15, 0.2) is 5.78 Å². The van der Waals surface area contributed by atoms with Crippen molar-refractivity contribution < 1.29 is 9.18 Å². The second-order valence-corrected chi connectivity index (χ2v) is 7.60. The van der Waals surface area contributed by atoms with E-state index in [1.165, 1.54) is 12.1 Å². The van der Waals surface area contributed by atoms with E-state index in [0.717, 1.165) is 44.4 Å². The maximum absolute atomic E-state index is 13.0. The summed E-state index contributed by atoms with van der Waals surface area (Å²) < 4.78 is 14.7. The molecule has 3 aromatic rings. The number of ketones is 1. The van der Waals surface area contributed by atoms with Crippen LogP contribution >= 0.6 is 0 Å². The Hall–Kier alpha value is -2.86. The second kappa shape index (κ2) is 8.66. The monoisotopic (exact) mass is 393 g/mol. The topological polar surface area (TPSA) is 55.2 Å². The third-order valence-corrected chi connectivity index (χ3v) is 5.69. The molecule has 0 radical (unpaired) electrons. The Morgan fingerprint density at radius 2 is 1.76 bits per heavy atom. The minimum Gasteiger partial charge on any atom is -0.303 e. The Morgan fingerprint density at radius 3 is 2.52 bits per heavy atom. The van der Waals surface area contributed by atoms with Crippen molar-refractivity contribution >= 4 is 16.7 Å². The number of aryl methyl sites for hydroxylation is 1. The van der Waals surface area contributed by atoms with E-state index in [9.17, 15) is 14.0 Å². The molecule has 29 heavy (non-hydrogen) atoms. The molecule has 1 aliphatic rings. The van der Waals surface area contributed by atoms with Crippen molar-refractivity contribution in [1.82, 2.24) is 14.5 Å². The van der Waals surface area contributed by atoms with Gasteiger partial charge in [0.2, 0.25) is 0 Å². The smallest absolute Gasteiger partial charge is 0.261 e. The highest BCUT2D eigenvalue weighted by atomic mass is 19.1. The molecule has 0 saturated carbocycles. The van der Waals surface area contributed by atoms with Gasteiger partial charge in [-0.3, -0.25) is 14.2 Å². The van der Waals surface area contributed by atoms with E-state index in [-0.39, 0.29) is 23.1 Å².